The predicted molar refractivity (Wildman–Crippen MR) is 133 cm³/mol. The van der Waals surface area contributed by atoms with Gasteiger partial charge in [-0.05, 0) is 69.4 Å². The fourth-order valence-corrected chi connectivity index (χ4v) is 5.16. The molecule has 1 fully saturated rings. The lowest BCUT2D eigenvalue weighted by Crippen LogP contribution is -2.36. The van der Waals surface area contributed by atoms with Crippen molar-refractivity contribution in [1.82, 2.24) is 15.3 Å². The van der Waals surface area contributed by atoms with E-state index in [-0.39, 0.29) is 10.5 Å². The molecule has 1 heterocycles. The van der Waals surface area contributed by atoms with E-state index in [4.69, 9.17) is 9.97 Å². The molecule has 0 saturated heterocycles. The van der Waals surface area contributed by atoms with Crippen molar-refractivity contribution in [2.24, 2.45) is 5.92 Å². The molecule has 184 valence electrons. The Balaban J connectivity index is 1.26. The van der Waals surface area contributed by atoms with Gasteiger partial charge in [0.15, 0.2) is 11.6 Å². The van der Waals surface area contributed by atoms with E-state index in [1.807, 2.05) is 14.1 Å². The molecule has 2 aromatic rings. The second kappa shape index (κ2) is 10.8. The number of carbonyl (C=O) groups is 1. The van der Waals surface area contributed by atoms with Gasteiger partial charge in [-0.25, -0.2) is 18.6 Å². The van der Waals surface area contributed by atoms with Crippen LogP contribution in [-0.2, 0) is 12.8 Å². The van der Waals surface area contributed by atoms with Crippen LogP contribution < -0.4 is 20.9 Å². The number of halogens is 3. The molecule has 1 aromatic carbocycles. The van der Waals surface area contributed by atoms with E-state index in [9.17, 15) is 13.6 Å². The van der Waals surface area contributed by atoms with Crippen LogP contribution >= 0.6 is 15.9 Å². The van der Waals surface area contributed by atoms with Gasteiger partial charge >= 0.3 is 6.03 Å². The Morgan fingerprint density at radius 1 is 1.09 bits per heavy atom. The second-order valence-corrected chi connectivity index (χ2v) is 10.3. The number of nitrogens with zero attached hydrogens (tertiary/aromatic N) is 3. The molecular weight excluding hydrogens is 506 g/mol. The first kappa shape index (κ1) is 24.6. The maximum Gasteiger partial charge on any atom is 0.319 e. The molecule has 2 amide bonds. The summed E-state index contributed by atoms with van der Waals surface area (Å²) < 4.78 is 28.1. The number of rotatable bonds is 6. The predicted octanol–water partition coefficient (Wildman–Crippen LogP) is 5.25. The third kappa shape index (κ3) is 5.95. The molecule has 0 spiro atoms. The number of urea groups is 1. The number of carbonyl (C=O) groups excluding carboxylic acids is 1. The number of benzene rings is 1. The monoisotopic (exact) mass is 536 g/mol. The molecule has 0 aliphatic heterocycles. The molecule has 10 heteroatoms. The van der Waals surface area contributed by atoms with Gasteiger partial charge in [0.25, 0.3) is 0 Å². The molecule has 2 aliphatic rings. The molecule has 0 radical (unpaired) electrons. The van der Waals surface area contributed by atoms with E-state index in [2.05, 4.69) is 36.8 Å². The van der Waals surface area contributed by atoms with Crippen LogP contribution in [0, 0.1) is 17.6 Å². The van der Waals surface area contributed by atoms with Gasteiger partial charge in [0.1, 0.15) is 11.5 Å². The molecule has 7 nitrogen and oxygen atoms in total. The van der Waals surface area contributed by atoms with Crippen molar-refractivity contribution >= 4 is 39.4 Å². The molecule has 3 N–H and O–H groups in total. The van der Waals surface area contributed by atoms with Crippen LogP contribution in [0.2, 0.25) is 0 Å². The lowest BCUT2D eigenvalue weighted by Gasteiger charge is -2.30. The first-order chi connectivity index (χ1) is 16.3. The minimum atomic E-state index is -0.824. The Labute approximate surface area is 207 Å². The summed E-state index contributed by atoms with van der Waals surface area (Å²) in [6.45, 7) is 0.457. The van der Waals surface area contributed by atoms with Crippen molar-refractivity contribution in [1.29, 1.82) is 0 Å². The number of aryl methyl sites for hydroxylation is 1. The fourth-order valence-electron chi connectivity index (χ4n) is 4.76. The zero-order valence-corrected chi connectivity index (χ0v) is 21.1. The van der Waals surface area contributed by atoms with Crippen molar-refractivity contribution < 1.29 is 13.6 Å². The largest absolute Gasteiger partial charge is 0.362 e. The van der Waals surface area contributed by atoms with Crippen LogP contribution in [0.1, 0.15) is 49.8 Å². The van der Waals surface area contributed by atoms with Crippen LogP contribution in [0.25, 0.3) is 0 Å². The van der Waals surface area contributed by atoms with Crippen LogP contribution in [0.5, 0.6) is 0 Å². The molecule has 2 aliphatic carbocycles. The number of nitrogens with one attached hydrogen (secondary N) is 3. The minimum absolute atomic E-state index is 0.276. The number of amides is 2. The van der Waals surface area contributed by atoms with E-state index in [1.165, 1.54) is 18.4 Å². The van der Waals surface area contributed by atoms with Crippen molar-refractivity contribution in [2.75, 3.05) is 36.2 Å². The average Bonchev–Trinajstić information content (AvgIpc) is 2.80. The first-order valence-corrected chi connectivity index (χ1v) is 12.6. The van der Waals surface area contributed by atoms with Gasteiger partial charge in [0.2, 0.25) is 5.95 Å². The Morgan fingerprint density at radius 3 is 2.44 bits per heavy atom. The molecule has 1 aromatic heterocycles. The molecule has 4 rings (SSSR count). The quantitative estimate of drug-likeness (QED) is 0.469. The number of hydrogen-bond acceptors (Lipinski definition) is 5. The van der Waals surface area contributed by atoms with Crippen LogP contribution in [0.4, 0.5) is 31.0 Å². The highest BCUT2D eigenvalue weighted by molar-refractivity contribution is 9.10. The van der Waals surface area contributed by atoms with Crippen molar-refractivity contribution in [3.8, 4) is 0 Å². The summed E-state index contributed by atoms with van der Waals surface area (Å²) in [4.78, 5) is 23.8. The number of anilines is 3. The molecule has 34 heavy (non-hydrogen) atoms. The number of fused-ring (bicyclic) bond motifs is 1. The minimum Gasteiger partial charge on any atom is -0.362 e. The van der Waals surface area contributed by atoms with Crippen LogP contribution in [0.15, 0.2) is 16.6 Å². The average molecular weight is 537 g/mol. The topological polar surface area (TPSA) is 82.2 Å². The zero-order valence-electron chi connectivity index (χ0n) is 19.6. The molecule has 0 unspecified atom stereocenters. The van der Waals surface area contributed by atoms with Gasteiger partial charge in [-0.1, -0.05) is 15.9 Å². The van der Waals surface area contributed by atoms with E-state index in [0.717, 1.165) is 62.2 Å². The van der Waals surface area contributed by atoms with Gasteiger partial charge in [0, 0.05) is 36.7 Å². The highest BCUT2D eigenvalue weighted by Gasteiger charge is 2.24. The fraction of sp³-hybridized carbons (Fsp3) is 0.542. The highest BCUT2D eigenvalue weighted by Crippen LogP contribution is 2.30. The smallest absolute Gasteiger partial charge is 0.319 e. The summed E-state index contributed by atoms with van der Waals surface area (Å²) in [6.07, 6.45) is 8.16. The van der Waals surface area contributed by atoms with Crippen molar-refractivity contribution in [3.63, 3.8) is 0 Å². The zero-order chi connectivity index (χ0) is 24.2. The summed E-state index contributed by atoms with van der Waals surface area (Å²) in [6, 6.07) is 1.90. The third-order valence-corrected chi connectivity index (χ3v) is 7.02. The van der Waals surface area contributed by atoms with Gasteiger partial charge in [0.05, 0.1) is 5.69 Å². The van der Waals surface area contributed by atoms with E-state index >= 15 is 0 Å². The van der Waals surface area contributed by atoms with Gasteiger partial charge < -0.3 is 20.9 Å². The Morgan fingerprint density at radius 2 is 1.76 bits per heavy atom. The molecule has 1 saturated carbocycles. The van der Waals surface area contributed by atoms with E-state index in [1.54, 1.807) is 0 Å². The number of hydrogen-bond donors (Lipinski definition) is 3. The maximum absolute atomic E-state index is 13.9. The first-order valence-electron chi connectivity index (χ1n) is 11.8. The van der Waals surface area contributed by atoms with E-state index in [0.29, 0.717) is 18.4 Å². The number of aromatic nitrogens is 2. The Hall–Kier alpha value is -2.49. The van der Waals surface area contributed by atoms with Crippen LogP contribution in [0.3, 0.4) is 0 Å². The van der Waals surface area contributed by atoms with E-state index < -0.39 is 23.4 Å². The summed E-state index contributed by atoms with van der Waals surface area (Å²) in [5.41, 5.74) is 1.99. The molecule has 0 atom stereocenters. The summed E-state index contributed by atoms with van der Waals surface area (Å²) >= 11 is 3.02. The Kier molecular flexibility index (Phi) is 7.85. The van der Waals surface area contributed by atoms with Crippen molar-refractivity contribution in [3.05, 3.63) is 39.5 Å². The SMILES string of the molecule is CN(C)c1nc(NC2CCC(CNC(=O)Nc3c(F)cc(Br)cc3F)CC2)nc2c1CCCC2. The second-order valence-electron chi connectivity index (χ2n) is 9.34. The summed E-state index contributed by atoms with van der Waals surface area (Å²) in [5.74, 6) is 0.370. The third-order valence-electron chi connectivity index (χ3n) is 6.56. The van der Waals surface area contributed by atoms with Crippen LogP contribution in [-0.4, -0.2) is 42.7 Å². The maximum atomic E-state index is 13.9. The molecule has 0 bridgehead atoms. The van der Waals surface area contributed by atoms with Gasteiger partial charge in [-0.3, -0.25) is 0 Å². The normalized spacial score (nSPS) is 19.8. The summed E-state index contributed by atoms with van der Waals surface area (Å²) in [7, 11) is 4.05. The highest BCUT2D eigenvalue weighted by atomic mass is 79.9. The Bertz CT molecular complexity index is 1020. The van der Waals surface area contributed by atoms with Gasteiger partial charge in [-0.2, -0.15) is 4.98 Å². The lowest BCUT2D eigenvalue weighted by molar-refractivity contribution is 0.246. The molecular formula is C24H31BrF2N6O. The standard InChI is InChI=1S/C24H31BrF2N6O/c1-33(2)22-17-5-3-4-6-20(17)30-23(32-22)29-16-9-7-14(8-10-16)13-28-24(34)31-21-18(26)11-15(25)12-19(21)27/h11-12,14,16H,3-10,13H2,1-2H3,(H2,28,31,34)(H,29,30,32). The summed E-state index contributed by atoms with van der Waals surface area (Å²) in [5, 5.41) is 8.54. The van der Waals surface area contributed by atoms with Gasteiger partial charge in [-0.15, -0.1) is 0 Å². The van der Waals surface area contributed by atoms with Crippen molar-refractivity contribution in [2.45, 2.75) is 57.4 Å². The lowest BCUT2D eigenvalue weighted by atomic mass is 9.86.